The minimum absolute atomic E-state index is 0. The third-order valence-electron chi connectivity index (χ3n) is 10.1. The third kappa shape index (κ3) is 9.39. The van der Waals surface area contributed by atoms with Crippen molar-refractivity contribution < 1.29 is 48.1 Å². The molecule has 0 aliphatic rings. The molecule has 0 saturated heterocycles. The molecule has 0 N–H and O–H groups in total. The van der Waals surface area contributed by atoms with Crippen molar-refractivity contribution in [3.8, 4) is 22.3 Å². The zero-order chi connectivity index (χ0) is 37.4. The summed E-state index contributed by atoms with van der Waals surface area (Å²) >= 11 is 1.74. The van der Waals surface area contributed by atoms with Gasteiger partial charge in [-0.1, -0.05) is 151 Å². The van der Waals surface area contributed by atoms with E-state index in [2.05, 4.69) is 202 Å². The summed E-state index contributed by atoms with van der Waals surface area (Å²) in [4.78, 5) is 0. The summed E-state index contributed by atoms with van der Waals surface area (Å²) in [6, 6.07) is 48.8. The zero-order valence-electron chi connectivity index (χ0n) is 33.5. The Morgan fingerprint density at radius 1 is 0.463 bits per heavy atom. The van der Waals surface area contributed by atoms with Crippen LogP contribution in [0.25, 0.3) is 65.3 Å². The SMILES string of the molecule is C[Si](C)=[Zr+2].Cc1c(C(C)(C)C)[cH-]c2cccc(-c3ccc4ccccc4c3)c12.Cc1c(C(C)(C)C)[cH-]c2cccc(-c3ccc4ccccc4c3)c12.[Cl-].[Cl-]. The van der Waals surface area contributed by atoms with Gasteiger partial charge in [-0.25, -0.2) is 0 Å². The molecule has 0 heterocycles. The van der Waals surface area contributed by atoms with E-state index in [-0.39, 0.29) is 41.1 Å². The Morgan fingerprint density at radius 3 is 1.13 bits per heavy atom. The first-order valence-corrected chi connectivity index (χ1v) is 24.7. The Hall–Kier alpha value is -3.26. The quantitative estimate of drug-likeness (QED) is 0.121. The van der Waals surface area contributed by atoms with Gasteiger partial charge in [0.1, 0.15) is 0 Å². The van der Waals surface area contributed by atoms with Crippen LogP contribution in [0.5, 0.6) is 0 Å². The number of aryl methyl sites for hydroxylation is 2. The molecule has 0 radical (unpaired) electrons. The molecule has 54 heavy (non-hydrogen) atoms. The fraction of sp³-hybridized carbons (Fsp3) is 0.240. The van der Waals surface area contributed by atoms with E-state index < -0.39 is 0 Å². The third-order valence-corrected chi connectivity index (χ3v) is 10.1. The van der Waals surface area contributed by atoms with Crippen LogP contribution in [0.4, 0.5) is 0 Å². The van der Waals surface area contributed by atoms with E-state index in [0.29, 0.717) is 0 Å². The predicted octanol–water partition coefficient (Wildman–Crippen LogP) is 8.76. The summed E-state index contributed by atoms with van der Waals surface area (Å²) < 4.78 is 0. The molecule has 0 fully saturated rings. The molecule has 0 atom stereocenters. The fourth-order valence-electron chi connectivity index (χ4n) is 7.77. The summed E-state index contributed by atoms with van der Waals surface area (Å²) in [6.07, 6.45) is 0. The minimum Gasteiger partial charge on any atom is -1.00 e. The van der Waals surface area contributed by atoms with Crippen LogP contribution in [0.3, 0.4) is 0 Å². The van der Waals surface area contributed by atoms with E-state index >= 15 is 0 Å². The van der Waals surface area contributed by atoms with E-state index in [0.717, 1.165) is 0 Å². The number of rotatable bonds is 2. The molecule has 0 unspecified atom stereocenters. The monoisotopic (exact) mass is 840 g/mol. The van der Waals surface area contributed by atoms with E-state index in [1.54, 1.807) is 23.3 Å². The topological polar surface area (TPSA) is 0 Å². The molecular weight excluding hydrogens is 791 g/mol. The van der Waals surface area contributed by atoms with Crippen LogP contribution < -0.4 is 24.8 Å². The molecule has 0 saturated carbocycles. The van der Waals surface area contributed by atoms with E-state index in [9.17, 15) is 0 Å². The second-order valence-corrected chi connectivity index (χ2v) is 25.9. The molecule has 0 aromatic heterocycles. The van der Waals surface area contributed by atoms with Gasteiger partial charge >= 0.3 is 41.9 Å². The summed E-state index contributed by atoms with van der Waals surface area (Å²) in [5.41, 5.74) is 11.6. The molecule has 4 heteroatoms. The number of fused-ring (bicyclic) bond motifs is 4. The van der Waals surface area contributed by atoms with Crippen molar-refractivity contribution in [3.63, 3.8) is 0 Å². The standard InChI is InChI=1S/2C24H23.C2H6Si.2ClH.Zr/c2*1-16-22(24(2,3)4)15-20-10-7-11-21(23(16)20)19-13-12-17-8-5-6-9-18(17)14-19;1-3-2;;;/h2*5-15H,1-4H3;1-2H3;2*1H;/q2*-1;;;;+2/p-2. The van der Waals surface area contributed by atoms with Gasteiger partial charge in [-0.15, -0.1) is 69.1 Å². The predicted molar refractivity (Wildman–Crippen MR) is 229 cm³/mol. The minimum atomic E-state index is 0. The van der Waals surface area contributed by atoms with Gasteiger partial charge in [0, 0.05) is 0 Å². The van der Waals surface area contributed by atoms with Crippen LogP contribution in [-0.2, 0) is 34.2 Å². The van der Waals surface area contributed by atoms with Crippen molar-refractivity contribution in [1.82, 2.24) is 0 Å². The zero-order valence-corrected chi connectivity index (χ0v) is 38.4. The maximum absolute atomic E-state index is 2.37. The summed E-state index contributed by atoms with van der Waals surface area (Å²) in [7, 11) is 0. The van der Waals surface area contributed by atoms with Gasteiger partial charge in [-0.3, -0.25) is 0 Å². The van der Waals surface area contributed by atoms with E-state index in [1.165, 1.54) is 87.6 Å². The molecule has 0 aliphatic carbocycles. The molecular formula is C50H52Cl2SiZr-2. The average Bonchev–Trinajstić information content (AvgIpc) is 3.65. The Kier molecular flexibility index (Phi) is 14.2. The van der Waals surface area contributed by atoms with Gasteiger partial charge in [0.25, 0.3) is 0 Å². The summed E-state index contributed by atoms with van der Waals surface area (Å²) in [5.74, 6) is 0. The normalized spacial score (nSPS) is 11.3. The Morgan fingerprint density at radius 2 is 0.796 bits per heavy atom. The Bertz CT molecular complexity index is 2380. The van der Waals surface area contributed by atoms with Gasteiger partial charge in [0.2, 0.25) is 0 Å². The van der Waals surface area contributed by atoms with Crippen LogP contribution in [0, 0.1) is 13.8 Å². The number of hydrogen-bond acceptors (Lipinski definition) is 0. The molecule has 0 spiro atoms. The molecule has 8 rings (SSSR count). The van der Waals surface area contributed by atoms with Crippen molar-refractivity contribution in [2.75, 3.05) is 0 Å². The van der Waals surface area contributed by atoms with Crippen LogP contribution in [-0.4, -0.2) is 5.43 Å². The molecule has 0 nitrogen and oxygen atoms in total. The van der Waals surface area contributed by atoms with E-state index in [1.807, 2.05) is 0 Å². The second kappa shape index (κ2) is 17.7. The van der Waals surface area contributed by atoms with Crippen molar-refractivity contribution in [3.05, 3.63) is 156 Å². The molecule has 8 aromatic carbocycles. The van der Waals surface area contributed by atoms with Crippen LogP contribution >= 0.6 is 0 Å². The molecule has 0 bridgehead atoms. The van der Waals surface area contributed by atoms with Gasteiger partial charge in [-0.05, 0) is 55.6 Å². The van der Waals surface area contributed by atoms with Gasteiger partial charge in [-0.2, -0.15) is 11.1 Å². The van der Waals surface area contributed by atoms with Crippen LogP contribution in [0.2, 0.25) is 13.1 Å². The maximum Gasteiger partial charge on any atom is -0.0178 e. The van der Waals surface area contributed by atoms with Crippen LogP contribution in [0.15, 0.2) is 133 Å². The second-order valence-electron chi connectivity index (χ2n) is 16.5. The number of benzene rings is 6. The maximum atomic E-state index is 2.37. The average molecular weight is 843 g/mol. The van der Waals surface area contributed by atoms with Crippen molar-refractivity contribution in [2.24, 2.45) is 0 Å². The largest absolute Gasteiger partial charge is 1.00 e. The van der Waals surface area contributed by atoms with Crippen molar-refractivity contribution >= 4 is 48.5 Å². The van der Waals surface area contributed by atoms with Crippen molar-refractivity contribution in [2.45, 2.75) is 79.3 Å². The first-order chi connectivity index (χ1) is 24.6. The molecule has 276 valence electrons. The van der Waals surface area contributed by atoms with E-state index in [4.69, 9.17) is 0 Å². The van der Waals surface area contributed by atoms with Gasteiger partial charge < -0.3 is 24.8 Å². The molecule has 0 amide bonds. The fourth-order valence-corrected chi connectivity index (χ4v) is 7.77. The Balaban J connectivity index is 0.000000212. The molecule has 8 aromatic rings. The van der Waals surface area contributed by atoms with Crippen LogP contribution in [0.1, 0.15) is 63.8 Å². The smallest absolute Gasteiger partial charge is 0.0178 e. The summed E-state index contributed by atoms with van der Waals surface area (Å²) in [5, 5.41) is 10.7. The van der Waals surface area contributed by atoms with Crippen molar-refractivity contribution in [1.29, 1.82) is 0 Å². The first kappa shape index (κ1) is 43.5. The van der Waals surface area contributed by atoms with Gasteiger partial charge in [0.05, 0.1) is 0 Å². The number of hydrogen-bond donors (Lipinski definition) is 0. The first-order valence-electron chi connectivity index (χ1n) is 18.5. The Labute approximate surface area is 351 Å². The summed E-state index contributed by atoms with van der Waals surface area (Å²) in [6.45, 7) is 22.9. The molecule has 0 aliphatic heterocycles. The van der Waals surface area contributed by atoms with Gasteiger partial charge in [0.15, 0.2) is 0 Å². The number of halogens is 2.